The van der Waals surface area contributed by atoms with E-state index in [1.165, 1.54) is 11.3 Å². The molecule has 6 nitrogen and oxygen atoms in total. The Balaban J connectivity index is 1.60. The van der Waals surface area contributed by atoms with Gasteiger partial charge in [-0.1, -0.05) is 19.1 Å². The van der Waals surface area contributed by atoms with Crippen molar-refractivity contribution in [3.63, 3.8) is 0 Å². The molecule has 3 aliphatic rings. The first-order valence-corrected chi connectivity index (χ1v) is 11.9. The van der Waals surface area contributed by atoms with Crippen molar-refractivity contribution in [2.24, 2.45) is 5.92 Å². The van der Waals surface area contributed by atoms with Gasteiger partial charge in [0.15, 0.2) is 16.7 Å². The van der Waals surface area contributed by atoms with Crippen molar-refractivity contribution in [2.45, 2.75) is 50.1 Å². The van der Waals surface area contributed by atoms with Crippen molar-refractivity contribution in [1.29, 1.82) is 0 Å². The molecule has 0 radical (unpaired) electrons. The predicted octanol–water partition coefficient (Wildman–Crippen LogP) is 4.65. The number of amides is 1. The van der Waals surface area contributed by atoms with Crippen LogP contribution in [0.3, 0.4) is 0 Å². The molecular weight excluding hydrogens is 436 g/mol. The molecule has 4 unspecified atom stereocenters. The summed E-state index contributed by atoms with van der Waals surface area (Å²) in [6.45, 7) is 2.64. The summed E-state index contributed by atoms with van der Waals surface area (Å²) in [7, 11) is 0. The lowest BCUT2D eigenvalue weighted by Gasteiger charge is -2.37. The number of halogens is 1. The highest BCUT2D eigenvalue weighted by Crippen LogP contribution is 2.49. The molecule has 8 heteroatoms. The normalized spacial score (nSPS) is 27.7. The van der Waals surface area contributed by atoms with Gasteiger partial charge in [-0.3, -0.25) is 14.5 Å². The second-order valence-electron chi connectivity index (χ2n) is 8.09. The minimum Gasteiger partial charge on any atom is -0.494 e. The largest absolute Gasteiger partial charge is 0.494 e. The number of nitrogens with zero attached hydrogens (tertiary/aromatic N) is 2. The van der Waals surface area contributed by atoms with E-state index in [-0.39, 0.29) is 34.8 Å². The van der Waals surface area contributed by atoms with Gasteiger partial charge in [0, 0.05) is 17.0 Å². The third kappa shape index (κ3) is 3.53. The summed E-state index contributed by atoms with van der Waals surface area (Å²) in [6.07, 6.45) is 4.28. The number of hydrogen-bond donors (Lipinski definition) is 0. The molecule has 3 heterocycles. The Bertz CT molecular complexity index is 1040. The first-order chi connectivity index (χ1) is 15.1. The highest BCUT2D eigenvalue weighted by atomic mass is 35.5. The molecule has 1 aromatic carbocycles. The van der Waals surface area contributed by atoms with Crippen molar-refractivity contribution in [3.05, 3.63) is 52.7 Å². The van der Waals surface area contributed by atoms with Crippen molar-refractivity contribution in [2.75, 3.05) is 11.5 Å². The SMILES string of the molecule is CCCOc1cccc(C2C3=C(OC4CCC(Cl)CC4C3=O)C(=O)N2c2nccs2)c1. The van der Waals surface area contributed by atoms with E-state index in [4.69, 9.17) is 21.1 Å². The quantitative estimate of drug-likeness (QED) is 0.610. The van der Waals surface area contributed by atoms with Gasteiger partial charge in [0.1, 0.15) is 11.9 Å². The van der Waals surface area contributed by atoms with E-state index in [1.807, 2.05) is 36.6 Å². The van der Waals surface area contributed by atoms with Crippen LogP contribution in [0.1, 0.15) is 44.2 Å². The lowest BCUT2D eigenvalue weighted by atomic mass is 9.77. The standard InChI is InChI=1S/C23H23ClN2O4S/c1-2-9-29-15-5-3-4-13(11-15)19-18-20(27)16-12-14(24)6-7-17(16)30-21(18)22(28)26(19)23-25-8-10-31-23/h3-5,8,10-11,14,16-17,19H,2,6-7,9,12H2,1H3. The summed E-state index contributed by atoms with van der Waals surface area (Å²) in [6, 6.07) is 6.98. The minimum atomic E-state index is -0.594. The van der Waals surface area contributed by atoms with Gasteiger partial charge in [-0.2, -0.15) is 0 Å². The number of Topliss-reactive ketones (excluding diaryl/α,β-unsaturated/α-hetero) is 1. The van der Waals surface area contributed by atoms with Crippen LogP contribution in [0.15, 0.2) is 47.2 Å². The maximum atomic E-state index is 13.7. The van der Waals surface area contributed by atoms with Gasteiger partial charge in [0.2, 0.25) is 0 Å². The molecule has 4 atom stereocenters. The van der Waals surface area contributed by atoms with Crippen LogP contribution in [-0.2, 0) is 14.3 Å². The van der Waals surface area contributed by atoms with Gasteiger partial charge < -0.3 is 9.47 Å². The number of carbonyl (C=O) groups excluding carboxylic acids is 2. The summed E-state index contributed by atoms with van der Waals surface area (Å²) in [5, 5.41) is 2.31. The zero-order valence-corrected chi connectivity index (χ0v) is 18.7. The van der Waals surface area contributed by atoms with Crippen LogP contribution >= 0.6 is 22.9 Å². The van der Waals surface area contributed by atoms with Crippen LogP contribution in [0.2, 0.25) is 0 Å². The lowest BCUT2D eigenvalue weighted by molar-refractivity contribution is -0.131. The Labute approximate surface area is 189 Å². The third-order valence-electron chi connectivity index (χ3n) is 6.06. The number of ether oxygens (including phenoxy) is 2. The topological polar surface area (TPSA) is 68.7 Å². The Hall–Kier alpha value is -2.38. The van der Waals surface area contributed by atoms with Gasteiger partial charge >= 0.3 is 0 Å². The predicted molar refractivity (Wildman–Crippen MR) is 118 cm³/mol. The second-order valence-corrected chi connectivity index (χ2v) is 9.58. The Kier molecular flexibility index (Phi) is 5.48. The smallest absolute Gasteiger partial charge is 0.296 e. The fourth-order valence-corrected chi connectivity index (χ4v) is 5.64. The van der Waals surface area contributed by atoms with E-state index in [9.17, 15) is 9.59 Å². The zero-order valence-electron chi connectivity index (χ0n) is 17.1. The number of rotatable bonds is 5. The first-order valence-electron chi connectivity index (χ1n) is 10.6. The van der Waals surface area contributed by atoms with Gasteiger partial charge in [-0.05, 0) is 43.4 Å². The van der Waals surface area contributed by atoms with Crippen LogP contribution < -0.4 is 9.64 Å². The molecule has 1 aromatic heterocycles. The van der Waals surface area contributed by atoms with Crippen molar-refractivity contribution in [1.82, 2.24) is 4.98 Å². The number of alkyl halides is 1. The molecule has 0 N–H and O–H groups in total. The summed E-state index contributed by atoms with van der Waals surface area (Å²) in [5.74, 6) is 0.212. The van der Waals surface area contributed by atoms with E-state index in [0.29, 0.717) is 35.9 Å². The van der Waals surface area contributed by atoms with E-state index in [2.05, 4.69) is 4.98 Å². The molecule has 2 aliphatic heterocycles. The third-order valence-corrected chi connectivity index (χ3v) is 7.22. The zero-order chi connectivity index (χ0) is 21.5. The number of ketones is 1. The van der Waals surface area contributed by atoms with Crippen molar-refractivity contribution < 1.29 is 19.1 Å². The number of fused-ring (bicyclic) bond motifs is 1. The second kappa shape index (κ2) is 8.28. The monoisotopic (exact) mass is 458 g/mol. The molecule has 1 aliphatic carbocycles. The Morgan fingerprint density at radius 2 is 2.19 bits per heavy atom. The van der Waals surface area contributed by atoms with Gasteiger partial charge in [-0.15, -0.1) is 22.9 Å². The molecule has 1 fully saturated rings. The molecule has 162 valence electrons. The number of carbonyl (C=O) groups is 2. The fourth-order valence-electron chi connectivity index (χ4n) is 4.66. The number of benzene rings is 1. The van der Waals surface area contributed by atoms with E-state index in [0.717, 1.165) is 18.4 Å². The van der Waals surface area contributed by atoms with Crippen LogP contribution in [0.5, 0.6) is 5.75 Å². The van der Waals surface area contributed by atoms with Crippen molar-refractivity contribution in [3.8, 4) is 5.75 Å². The molecule has 5 rings (SSSR count). The number of hydrogen-bond acceptors (Lipinski definition) is 6. The average Bonchev–Trinajstić information content (AvgIpc) is 3.40. The van der Waals surface area contributed by atoms with Crippen molar-refractivity contribution >= 4 is 39.8 Å². The molecule has 31 heavy (non-hydrogen) atoms. The Morgan fingerprint density at radius 3 is 2.97 bits per heavy atom. The van der Waals surface area contributed by atoms with E-state index in [1.54, 1.807) is 11.1 Å². The van der Waals surface area contributed by atoms with E-state index >= 15 is 0 Å². The average molecular weight is 459 g/mol. The summed E-state index contributed by atoms with van der Waals surface area (Å²) < 4.78 is 12.0. The van der Waals surface area contributed by atoms with Crippen LogP contribution in [-0.4, -0.2) is 34.8 Å². The van der Waals surface area contributed by atoms with Gasteiger partial charge in [0.25, 0.3) is 5.91 Å². The number of anilines is 1. The van der Waals surface area contributed by atoms with Gasteiger partial charge in [0.05, 0.1) is 24.1 Å². The highest BCUT2D eigenvalue weighted by Gasteiger charge is 2.53. The number of aromatic nitrogens is 1. The summed E-state index contributed by atoms with van der Waals surface area (Å²) in [5.41, 5.74) is 1.22. The van der Waals surface area contributed by atoms with Crippen LogP contribution in [0.4, 0.5) is 5.13 Å². The maximum Gasteiger partial charge on any atom is 0.296 e. The molecule has 2 aromatic rings. The van der Waals surface area contributed by atoms with E-state index < -0.39 is 6.04 Å². The molecule has 1 amide bonds. The Morgan fingerprint density at radius 1 is 1.32 bits per heavy atom. The molecule has 0 bridgehead atoms. The molecule has 1 saturated carbocycles. The molecule has 0 saturated heterocycles. The summed E-state index contributed by atoms with van der Waals surface area (Å²) in [4.78, 5) is 33.1. The van der Waals surface area contributed by atoms with Crippen LogP contribution in [0.25, 0.3) is 0 Å². The van der Waals surface area contributed by atoms with Crippen LogP contribution in [0, 0.1) is 5.92 Å². The molecule has 0 spiro atoms. The molecular formula is C23H23ClN2O4S. The lowest BCUT2D eigenvalue weighted by Crippen LogP contribution is -2.41. The highest BCUT2D eigenvalue weighted by molar-refractivity contribution is 7.13. The number of thiazole rings is 1. The minimum absolute atomic E-state index is 0.0334. The fraction of sp³-hybridized carbons (Fsp3) is 0.435. The maximum absolute atomic E-state index is 13.7. The summed E-state index contributed by atoms with van der Waals surface area (Å²) >= 11 is 7.74. The van der Waals surface area contributed by atoms with Gasteiger partial charge in [-0.25, -0.2) is 4.98 Å². The first kappa shape index (κ1) is 20.5.